The number of nitrogens with one attached hydrogen (secondary N) is 1. The van der Waals surface area contributed by atoms with Crippen molar-refractivity contribution in [3.8, 4) is 0 Å². The molecule has 1 saturated heterocycles. The number of carboxylic acids is 1. The lowest BCUT2D eigenvalue weighted by Crippen LogP contribution is -2.48. The van der Waals surface area contributed by atoms with Gasteiger partial charge in [-0.25, -0.2) is 9.52 Å². The zero-order valence-corrected chi connectivity index (χ0v) is 12.4. The molecule has 1 aliphatic rings. The highest BCUT2D eigenvalue weighted by molar-refractivity contribution is 7.87. The highest BCUT2D eigenvalue weighted by Gasteiger charge is 2.31. The van der Waals surface area contributed by atoms with Crippen LogP contribution in [-0.2, 0) is 19.7 Å². The SMILES string of the molecule is CC(C)OC(=O)NS(=O)(=O)N1CCCC(CC(=O)O)C1. The lowest BCUT2D eigenvalue weighted by Gasteiger charge is -2.30. The van der Waals surface area contributed by atoms with Gasteiger partial charge in [-0.2, -0.15) is 12.7 Å². The van der Waals surface area contributed by atoms with E-state index in [0.29, 0.717) is 12.8 Å². The molecule has 2 N–H and O–H groups in total. The maximum absolute atomic E-state index is 12.0. The van der Waals surface area contributed by atoms with Crippen molar-refractivity contribution in [2.75, 3.05) is 13.1 Å². The van der Waals surface area contributed by atoms with Crippen LogP contribution in [0.3, 0.4) is 0 Å². The van der Waals surface area contributed by atoms with Crippen molar-refractivity contribution < 1.29 is 27.9 Å². The molecule has 8 nitrogen and oxygen atoms in total. The Morgan fingerprint density at radius 3 is 2.65 bits per heavy atom. The lowest BCUT2D eigenvalue weighted by molar-refractivity contribution is -0.138. The molecular formula is C11H20N2O6S. The van der Waals surface area contributed by atoms with Gasteiger partial charge in [0.2, 0.25) is 0 Å². The van der Waals surface area contributed by atoms with Crippen LogP contribution in [0.5, 0.6) is 0 Å². The fraction of sp³-hybridized carbons (Fsp3) is 0.818. The minimum atomic E-state index is -3.98. The highest BCUT2D eigenvalue weighted by Crippen LogP contribution is 2.21. The molecule has 0 radical (unpaired) electrons. The fourth-order valence-electron chi connectivity index (χ4n) is 2.07. The molecule has 0 aliphatic carbocycles. The topological polar surface area (TPSA) is 113 Å². The van der Waals surface area contributed by atoms with Crippen molar-refractivity contribution >= 4 is 22.3 Å². The van der Waals surface area contributed by atoms with Gasteiger partial charge in [0, 0.05) is 19.5 Å². The van der Waals surface area contributed by atoms with Crippen LogP contribution in [0.1, 0.15) is 33.1 Å². The molecule has 0 spiro atoms. The van der Waals surface area contributed by atoms with E-state index >= 15 is 0 Å². The molecule has 1 unspecified atom stereocenters. The summed E-state index contributed by atoms with van der Waals surface area (Å²) in [6.45, 7) is 3.57. The van der Waals surface area contributed by atoms with Crippen molar-refractivity contribution in [2.24, 2.45) is 5.92 Å². The Morgan fingerprint density at radius 1 is 1.45 bits per heavy atom. The van der Waals surface area contributed by atoms with Crippen molar-refractivity contribution in [1.82, 2.24) is 9.03 Å². The van der Waals surface area contributed by atoms with E-state index in [2.05, 4.69) is 0 Å². The Morgan fingerprint density at radius 2 is 2.10 bits per heavy atom. The molecule has 1 amide bonds. The first-order valence-electron chi connectivity index (χ1n) is 6.41. The summed E-state index contributed by atoms with van der Waals surface area (Å²) in [7, 11) is -3.98. The fourth-order valence-corrected chi connectivity index (χ4v) is 3.23. The molecule has 1 aliphatic heterocycles. The summed E-state index contributed by atoms with van der Waals surface area (Å²) in [4.78, 5) is 22.0. The van der Waals surface area contributed by atoms with Crippen LogP contribution >= 0.6 is 0 Å². The number of aliphatic carboxylic acids is 1. The summed E-state index contributed by atoms with van der Waals surface area (Å²) in [5, 5.41) is 8.74. The number of hydrogen-bond donors (Lipinski definition) is 2. The Bertz CT molecular complexity index is 462. The van der Waals surface area contributed by atoms with Crippen LogP contribution in [0.25, 0.3) is 0 Å². The quantitative estimate of drug-likeness (QED) is 0.767. The smallest absolute Gasteiger partial charge is 0.422 e. The molecule has 1 fully saturated rings. The lowest BCUT2D eigenvalue weighted by atomic mass is 9.96. The van der Waals surface area contributed by atoms with Crippen LogP contribution in [-0.4, -0.2) is 49.1 Å². The summed E-state index contributed by atoms with van der Waals surface area (Å²) >= 11 is 0. The predicted molar refractivity (Wildman–Crippen MR) is 70.2 cm³/mol. The Kier molecular flexibility index (Phi) is 5.75. The van der Waals surface area contributed by atoms with Gasteiger partial charge in [-0.1, -0.05) is 0 Å². The van der Waals surface area contributed by atoms with E-state index in [4.69, 9.17) is 9.84 Å². The van der Waals surface area contributed by atoms with Crippen molar-refractivity contribution in [3.63, 3.8) is 0 Å². The third-order valence-electron chi connectivity index (χ3n) is 2.84. The Balaban J connectivity index is 2.62. The number of rotatable bonds is 5. The van der Waals surface area contributed by atoms with E-state index in [-0.39, 0.29) is 25.4 Å². The van der Waals surface area contributed by atoms with Gasteiger partial charge in [0.15, 0.2) is 0 Å². The van der Waals surface area contributed by atoms with Gasteiger partial charge in [-0.05, 0) is 32.6 Å². The number of carboxylic acid groups (broad SMARTS) is 1. The first-order valence-corrected chi connectivity index (χ1v) is 7.85. The zero-order chi connectivity index (χ0) is 15.3. The van der Waals surface area contributed by atoms with Crippen LogP contribution in [0.15, 0.2) is 0 Å². The van der Waals surface area contributed by atoms with E-state index in [1.165, 1.54) is 0 Å². The van der Waals surface area contributed by atoms with Gasteiger partial charge in [-0.15, -0.1) is 0 Å². The third-order valence-corrected chi connectivity index (χ3v) is 4.28. The molecule has 1 rings (SSSR count). The largest absolute Gasteiger partial charge is 0.481 e. The number of piperidine rings is 1. The number of carbonyl (C=O) groups excluding carboxylic acids is 1. The summed E-state index contributed by atoms with van der Waals surface area (Å²) in [5.74, 6) is -1.19. The molecule has 116 valence electrons. The first-order chi connectivity index (χ1) is 9.20. The average Bonchev–Trinajstić information content (AvgIpc) is 2.26. The molecule has 1 atom stereocenters. The van der Waals surface area contributed by atoms with Crippen LogP contribution < -0.4 is 4.72 Å². The Labute approximate surface area is 118 Å². The molecule has 0 aromatic rings. The standard InChI is InChI=1S/C11H20N2O6S/c1-8(2)19-11(16)12-20(17,18)13-5-3-4-9(7-13)6-10(14)15/h8-9H,3-7H2,1-2H3,(H,12,16)(H,14,15). The van der Waals surface area contributed by atoms with Gasteiger partial charge in [0.1, 0.15) is 0 Å². The van der Waals surface area contributed by atoms with Gasteiger partial charge >= 0.3 is 22.3 Å². The van der Waals surface area contributed by atoms with Gasteiger partial charge < -0.3 is 9.84 Å². The summed E-state index contributed by atoms with van der Waals surface area (Å²) in [6.07, 6.45) is -0.304. The molecule has 1 heterocycles. The van der Waals surface area contributed by atoms with Gasteiger partial charge in [-0.3, -0.25) is 4.79 Å². The zero-order valence-electron chi connectivity index (χ0n) is 11.5. The van der Waals surface area contributed by atoms with E-state index in [0.717, 1.165) is 4.31 Å². The second-order valence-electron chi connectivity index (χ2n) is 5.03. The number of ether oxygens (including phenoxy) is 1. The van der Waals surface area contributed by atoms with Crippen LogP contribution in [0.2, 0.25) is 0 Å². The van der Waals surface area contributed by atoms with Gasteiger partial charge in [0.05, 0.1) is 6.10 Å². The predicted octanol–water partition coefficient (Wildman–Crippen LogP) is 0.552. The number of nitrogens with zero attached hydrogens (tertiary/aromatic N) is 1. The summed E-state index contributed by atoms with van der Waals surface area (Å²) < 4.78 is 31.6. The average molecular weight is 308 g/mol. The first kappa shape index (κ1) is 16.7. The molecule has 0 saturated carbocycles. The minimum absolute atomic E-state index is 0.0809. The van der Waals surface area contributed by atoms with E-state index in [1.807, 2.05) is 4.72 Å². The molecular weight excluding hydrogens is 288 g/mol. The summed E-state index contributed by atoms with van der Waals surface area (Å²) in [6, 6.07) is 0. The number of amides is 1. The Hall–Kier alpha value is -1.35. The molecule has 20 heavy (non-hydrogen) atoms. The van der Waals surface area contributed by atoms with E-state index in [9.17, 15) is 18.0 Å². The summed E-state index contributed by atoms with van der Waals surface area (Å²) in [5.41, 5.74) is 0. The highest BCUT2D eigenvalue weighted by atomic mass is 32.2. The van der Waals surface area contributed by atoms with Gasteiger partial charge in [0.25, 0.3) is 0 Å². The third kappa shape index (κ3) is 5.33. The monoisotopic (exact) mass is 308 g/mol. The van der Waals surface area contributed by atoms with E-state index in [1.54, 1.807) is 13.8 Å². The number of hydrogen-bond acceptors (Lipinski definition) is 5. The van der Waals surface area contributed by atoms with Crippen LogP contribution in [0, 0.1) is 5.92 Å². The minimum Gasteiger partial charge on any atom is -0.481 e. The van der Waals surface area contributed by atoms with Crippen LogP contribution in [0.4, 0.5) is 4.79 Å². The van der Waals surface area contributed by atoms with Crippen molar-refractivity contribution in [3.05, 3.63) is 0 Å². The maximum atomic E-state index is 12.0. The second kappa shape index (κ2) is 6.89. The molecule has 9 heteroatoms. The van der Waals surface area contributed by atoms with Crippen molar-refractivity contribution in [1.29, 1.82) is 0 Å². The normalized spacial score (nSPS) is 20.6. The number of carbonyl (C=O) groups is 2. The van der Waals surface area contributed by atoms with E-state index < -0.39 is 28.4 Å². The molecule has 0 aromatic carbocycles. The van der Waals surface area contributed by atoms with Crippen molar-refractivity contribution in [2.45, 2.75) is 39.2 Å². The molecule has 0 aromatic heterocycles. The molecule has 0 bridgehead atoms. The maximum Gasteiger partial charge on any atom is 0.422 e. The second-order valence-corrected chi connectivity index (χ2v) is 6.70.